The number of methoxy groups -OCH3 is 1. The average molecular weight is 618 g/mol. The van der Waals surface area contributed by atoms with Gasteiger partial charge in [0.2, 0.25) is 22.7 Å². The molecule has 5 rings (SSSR count). The Bertz CT molecular complexity index is 1830. The Morgan fingerprint density at radius 3 is 2.41 bits per heavy atom. The fourth-order valence-corrected chi connectivity index (χ4v) is 7.49. The third kappa shape index (κ3) is 7.01. The molecule has 0 saturated heterocycles. The fraction of sp³-hybridized carbons (Fsp3) is 0.192. The minimum absolute atomic E-state index is 0.0355. The molecule has 11 nitrogen and oxygen atoms in total. The number of halogens is 1. The molecule has 214 valence electrons. The van der Waals surface area contributed by atoms with Gasteiger partial charge in [0, 0.05) is 7.11 Å². The van der Waals surface area contributed by atoms with E-state index in [4.69, 9.17) is 9.15 Å². The number of nitrogens with zero attached hydrogens (tertiary/aromatic N) is 3. The van der Waals surface area contributed by atoms with Gasteiger partial charge in [-0.2, -0.15) is 4.83 Å². The van der Waals surface area contributed by atoms with Crippen molar-refractivity contribution in [3.63, 3.8) is 0 Å². The first kappa shape index (κ1) is 28.9. The lowest BCUT2D eigenvalue weighted by Gasteiger charge is -2.12. The minimum atomic E-state index is -4.05. The van der Waals surface area contributed by atoms with Crippen LogP contribution in [0.2, 0.25) is 0 Å². The highest BCUT2D eigenvalue weighted by Gasteiger charge is 2.37. The monoisotopic (exact) mass is 617 g/mol. The topological polar surface area (TPSA) is 153 Å². The molecule has 0 amide bonds. The maximum atomic E-state index is 13.8. The van der Waals surface area contributed by atoms with Gasteiger partial charge in [-0.1, -0.05) is 42.5 Å². The van der Waals surface area contributed by atoms with E-state index >= 15 is 0 Å². The van der Waals surface area contributed by atoms with E-state index < -0.39 is 37.5 Å². The Balaban J connectivity index is 1.51. The highest BCUT2D eigenvalue weighted by atomic mass is 32.2. The number of nitrogens with one attached hydrogen (secondary N) is 2. The first-order chi connectivity index (χ1) is 19.7. The quantitative estimate of drug-likeness (QED) is 0.140. The first-order valence-corrected chi connectivity index (χ1v) is 15.8. The molecule has 3 aromatic carbocycles. The second-order valence-corrected chi connectivity index (χ2v) is 12.8. The maximum Gasteiger partial charge on any atom is 0.241 e. The Morgan fingerprint density at radius 1 is 1.00 bits per heavy atom. The Morgan fingerprint density at radius 2 is 1.71 bits per heavy atom. The zero-order valence-electron chi connectivity index (χ0n) is 21.5. The molecule has 0 spiro atoms. The van der Waals surface area contributed by atoms with Crippen molar-refractivity contribution in [2.45, 2.75) is 24.2 Å². The predicted octanol–water partition coefficient (Wildman–Crippen LogP) is 3.46. The number of thiazole rings is 1. The van der Waals surface area contributed by atoms with Gasteiger partial charge in [-0.05, 0) is 46.5 Å². The molecule has 2 N–H and O–H groups in total. The van der Waals surface area contributed by atoms with E-state index in [1.54, 1.807) is 7.11 Å². The van der Waals surface area contributed by atoms with Crippen molar-refractivity contribution in [2.75, 3.05) is 7.11 Å². The van der Waals surface area contributed by atoms with Gasteiger partial charge in [0.25, 0.3) is 0 Å². The molecular formula is C26H24FN5O6S3. The maximum absolute atomic E-state index is 13.8. The zero-order valence-corrected chi connectivity index (χ0v) is 24.0. The van der Waals surface area contributed by atoms with Gasteiger partial charge in [0.05, 0.1) is 29.1 Å². The largest absolute Gasteiger partial charge is 0.422 e. The second-order valence-electron chi connectivity index (χ2n) is 8.93. The van der Waals surface area contributed by atoms with Gasteiger partial charge in [-0.3, -0.25) is 0 Å². The Hall–Kier alpha value is -3.60. The lowest BCUT2D eigenvalue weighted by molar-refractivity contribution is 0.185. The van der Waals surface area contributed by atoms with Gasteiger partial charge in [0.15, 0.2) is 15.1 Å². The van der Waals surface area contributed by atoms with Crippen LogP contribution < -0.4 is 10.3 Å². The number of hydrogen-bond acceptors (Lipinski definition) is 11. The van der Waals surface area contributed by atoms with Crippen LogP contribution in [0.15, 0.2) is 71.1 Å². The van der Waals surface area contributed by atoms with Crippen molar-refractivity contribution >= 4 is 42.3 Å². The average Bonchev–Trinajstić information content (AvgIpc) is 3.57. The molecule has 0 saturated carbocycles. The van der Waals surface area contributed by atoms with Crippen LogP contribution >= 0.6 is 11.3 Å². The van der Waals surface area contributed by atoms with E-state index in [2.05, 4.69) is 20.6 Å². The molecule has 41 heavy (non-hydrogen) atoms. The number of aromatic nitrogens is 3. The summed E-state index contributed by atoms with van der Waals surface area (Å²) in [4.78, 5) is 6.59. The van der Waals surface area contributed by atoms with Crippen LogP contribution in [-0.2, 0) is 44.4 Å². The summed E-state index contributed by atoms with van der Waals surface area (Å²) in [7, 11) is -5.32. The van der Waals surface area contributed by atoms with E-state index in [0.717, 1.165) is 21.4 Å². The minimum Gasteiger partial charge on any atom is -0.422 e. The third-order valence-electron chi connectivity index (χ3n) is 5.98. The highest BCUT2D eigenvalue weighted by Crippen LogP contribution is 2.38. The third-order valence-corrected chi connectivity index (χ3v) is 9.44. The van der Waals surface area contributed by atoms with Crippen LogP contribution in [0.25, 0.3) is 21.3 Å². The van der Waals surface area contributed by atoms with Gasteiger partial charge in [0.1, 0.15) is 10.8 Å². The van der Waals surface area contributed by atoms with Gasteiger partial charge < -0.3 is 9.15 Å². The van der Waals surface area contributed by atoms with Crippen LogP contribution in [0.4, 0.5) is 4.39 Å². The lowest BCUT2D eigenvalue weighted by atomic mass is 10.0. The second kappa shape index (κ2) is 12.5. The number of benzene rings is 3. The fourth-order valence-electron chi connectivity index (χ4n) is 4.13. The van der Waals surface area contributed by atoms with Crippen molar-refractivity contribution in [3.05, 3.63) is 100 Å². The standard InChI is InChI=1S/C26H24FN5O6S3/c1-37-14-16-2-6-18(7-3-16)19-8-11-21-22(12-19)39-26(29-21)24(25-31-30-23(38-25)13-28-32-40(33)34)41(35,36)15-17-4-9-20(27)10-5-17/h2-12,24,28,40H,13-15H2,1H3,(H,32,33,34). The van der Waals surface area contributed by atoms with Crippen molar-refractivity contribution in [2.24, 2.45) is 0 Å². The summed E-state index contributed by atoms with van der Waals surface area (Å²) in [6.45, 7) is 0.335. The van der Waals surface area contributed by atoms with Gasteiger partial charge in [-0.25, -0.2) is 31.6 Å². The Kier molecular flexibility index (Phi) is 8.82. The highest BCUT2D eigenvalue weighted by molar-refractivity contribution is 7.91. The summed E-state index contributed by atoms with van der Waals surface area (Å²) >= 11 is 1.19. The van der Waals surface area contributed by atoms with Gasteiger partial charge >= 0.3 is 0 Å². The van der Waals surface area contributed by atoms with Crippen LogP contribution in [-0.4, -0.2) is 39.1 Å². The van der Waals surface area contributed by atoms with Crippen LogP contribution in [0.1, 0.15) is 33.2 Å². The molecule has 1 unspecified atom stereocenters. The van der Waals surface area contributed by atoms with E-state index in [1.165, 1.54) is 35.6 Å². The molecule has 0 fully saturated rings. The molecule has 0 radical (unpaired) electrons. The van der Waals surface area contributed by atoms with Crippen molar-refractivity contribution in [1.82, 2.24) is 25.4 Å². The molecular weight excluding hydrogens is 594 g/mol. The first-order valence-electron chi connectivity index (χ1n) is 12.1. The van der Waals surface area contributed by atoms with Crippen molar-refractivity contribution in [1.29, 1.82) is 0 Å². The van der Waals surface area contributed by atoms with Gasteiger partial charge in [-0.15, -0.1) is 21.5 Å². The number of rotatable bonds is 12. The molecule has 0 aliphatic heterocycles. The summed E-state index contributed by atoms with van der Waals surface area (Å²) in [5, 5.41) is 6.62. The van der Waals surface area contributed by atoms with Crippen molar-refractivity contribution < 1.29 is 30.4 Å². The zero-order chi connectivity index (χ0) is 29.0. The number of fused-ring (bicyclic) bond motifs is 1. The summed E-state index contributed by atoms with van der Waals surface area (Å²) in [5.41, 5.74) is 6.30. The number of hydrazine groups is 1. The summed E-state index contributed by atoms with van der Waals surface area (Å²) in [5.74, 6) is -1.17. The normalized spacial score (nSPS) is 12.8. The van der Waals surface area contributed by atoms with Crippen LogP contribution in [0.3, 0.4) is 0 Å². The van der Waals surface area contributed by atoms with E-state index in [9.17, 15) is 21.2 Å². The molecule has 1 atom stereocenters. The van der Waals surface area contributed by atoms with E-state index in [0.29, 0.717) is 17.7 Å². The number of thiol groups is 1. The van der Waals surface area contributed by atoms with Crippen molar-refractivity contribution in [3.8, 4) is 11.1 Å². The molecule has 0 aliphatic rings. The van der Waals surface area contributed by atoms with E-state index in [-0.39, 0.29) is 23.3 Å². The lowest BCUT2D eigenvalue weighted by Crippen LogP contribution is -2.29. The number of ether oxygens (including phenoxy) is 1. The molecule has 2 aromatic heterocycles. The van der Waals surface area contributed by atoms with Crippen LogP contribution in [0.5, 0.6) is 0 Å². The molecule has 2 heterocycles. The molecule has 0 bridgehead atoms. The predicted molar refractivity (Wildman–Crippen MR) is 151 cm³/mol. The van der Waals surface area contributed by atoms with Crippen LogP contribution in [0, 0.1) is 5.82 Å². The molecule has 0 aliphatic carbocycles. The number of hydrogen-bond donors (Lipinski definition) is 3. The smallest absolute Gasteiger partial charge is 0.241 e. The summed E-state index contributed by atoms with van der Waals surface area (Å²) in [6, 6.07) is 18.7. The summed E-state index contributed by atoms with van der Waals surface area (Å²) < 4.78 is 74.0. The molecule has 15 heteroatoms. The SMILES string of the molecule is COCc1ccc(-c2ccc3nc(C(c4nnc(CNN[SH](=O)=O)o4)S(=O)(=O)Cc4ccc(F)cc4)sc3c2)cc1. The summed E-state index contributed by atoms with van der Waals surface area (Å²) in [6.07, 6.45) is 0. The number of sulfone groups is 1. The van der Waals surface area contributed by atoms with E-state index in [1.807, 2.05) is 47.3 Å². The molecule has 5 aromatic rings. The Labute approximate surface area is 240 Å².